The molecule has 5 rings (SSSR count). The maximum absolute atomic E-state index is 15.7. The molecule has 2 aliphatic rings. The van der Waals surface area contributed by atoms with Crippen molar-refractivity contribution < 1.29 is 13.9 Å². The van der Waals surface area contributed by atoms with Crippen LogP contribution in [0.3, 0.4) is 0 Å². The molecule has 1 saturated carbocycles. The third-order valence-corrected chi connectivity index (χ3v) is 7.44. The van der Waals surface area contributed by atoms with E-state index in [-0.39, 0.29) is 45.8 Å². The maximum atomic E-state index is 15.7. The number of nitrogens with two attached hydrogens (primary N) is 2. The fraction of sp³-hybridized carbons (Fsp3) is 0.462. The minimum Gasteiger partial charge on any atom is -0.492 e. The van der Waals surface area contributed by atoms with E-state index in [0.717, 1.165) is 24.7 Å². The number of hydrogen-bond acceptors (Lipinski definition) is 7. The van der Waals surface area contributed by atoms with Crippen LogP contribution in [0, 0.1) is 17.2 Å². The summed E-state index contributed by atoms with van der Waals surface area (Å²) < 4.78 is 29.3. The number of benzene rings is 2. The van der Waals surface area contributed by atoms with Gasteiger partial charge in [0, 0.05) is 31.1 Å². The van der Waals surface area contributed by atoms with Gasteiger partial charge in [0.15, 0.2) is 11.6 Å². The lowest BCUT2D eigenvalue weighted by Gasteiger charge is -2.30. The van der Waals surface area contributed by atoms with Gasteiger partial charge in [0.25, 0.3) is 5.56 Å². The molecule has 2 atom stereocenters. The van der Waals surface area contributed by atoms with E-state index >= 15 is 4.39 Å². The van der Waals surface area contributed by atoms with E-state index in [0.29, 0.717) is 24.4 Å². The van der Waals surface area contributed by atoms with Crippen molar-refractivity contribution in [3.63, 3.8) is 0 Å². The Morgan fingerprint density at radius 1 is 1.19 bits per heavy atom. The molecule has 1 aromatic heterocycles. The van der Waals surface area contributed by atoms with Gasteiger partial charge < -0.3 is 25.9 Å². The number of nitrogen functional groups attached to an aromatic ring is 1. The van der Waals surface area contributed by atoms with Gasteiger partial charge in [0.05, 0.1) is 12.5 Å². The summed E-state index contributed by atoms with van der Waals surface area (Å²) in [5.74, 6) is 6.03. The molecular formula is C26H32FN5O4. The van der Waals surface area contributed by atoms with E-state index in [1.54, 1.807) is 0 Å². The molecule has 2 heterocycles. The van der Waals surface area contributed by atoms with Crippen LogP contribution in [-0.4, -0.2) is 42.1 Å². The standard InChI is InChI=1S/C26H32FN5O4/c1-26(2)14-30(12-18(26)20(28)13-36-16-7-5-4-6-8-16)22-19(27)11-17-21(23(22)35-3)31(15-9-10-15)25(34)32(29)24(17)33/h4-8,11,15,18,20H,9-10,12-14,28-29H2,1-3H3/t18-,20-/m0/s1. The zero-order chi connectivity index (χ0) is 25.8. The van der Waals surface area contributed by atoms with Crippen molar-refractivity contribution in [3.8, 4) is 11.5 Å². The van der Waals surface area contributed by atoms with Crippen LogP contribution in [0.1, 0.15) is 32.7 Å². The number of hydrogen-bond donors (Lipinski definition) is 2. The average molecular weight is 498 g/mol. The highest BCUT2D eigenvalue weighted by Crippen LogP contribution is 2.46. The zero-order valence-electron chi connectivity index (χ0n) is 20.7. The molecule has 192 valence electrons. The molecular weight excluding hydrogens is 465 g/mol. The van der Waals surface area contributed by atoms with Crippen LogP contribution in [-0.2, 0) is 0 Å². The highest BCUT2D eigenvalue weighted by atomic mass is 19.1. The number of halogens is 1. The molecule has 1 aliphatic carbocycles. The Bertz CT molecular complexity index is 1410. The van der Waals surface area contributed by atoms with Gasteiger partial charge in [-0.25, -0.2) is 9.18 Å². The first-order chi connectivity index (χ1) is 17.1. The monoisotopic (exact) mass is 497 g/mol. The Morgan fingerprint density at radius 3 is 2.53 bits per heavy atom. The number of anilines is 1. The molecule has 1 saturated heterocycles. The van der Waals surface area contributed by atoms with Crippen LogP contribution in [0.5, 0.6) is 11.5 Å². The Hall–Kier alpha value is -3.53. The van der Waals surface area contributed by atoms with Crippen molar-refractivity contribution in [2.24, 2.45) is 17.1 Å². The summed E-state index contributed by atoms with van der Waals surface area (Å²) >= 11 is 0. The van der Waals surface area contributed by atoms with Gasteiger partial charge in [-0.1, -0.05) is 32.0 Å². The van der Waals surface area contributed by atoms with E-state index in [2.05, 4.69) is 13.8 Å². The summed E-state index contributed by atoms with van der Waals surface area (Å²) in [6, 6.07) is 10.2. The van der Waals surface area contributed by atoms with Crippen molar-refractivity contribution in [1.29, 1.82) is 0 Å². The van der Waals surface area contributed by atoms with Gasteiger partial charge in [0.1, 0.15) is 23.6 Å². The molecule has 2 aromatic carbocycles. The Kier molecular flexibility index (Phi) is 5.94. The summed E-state index contributed by atoms with van der Waals surface area (Å²) in [7, 11) is 1.42. The first-order valence-electron chi connectivity index (χ1n) is 12.1. The molecule has 0 radical (unpaired) electrons. The number of fused-ring (bicyclic) bond motifs is 1. The van der Waals surface area contributed by atoms with Crippen LogP contribution in [0.2, 0.25) is 0 Å². The number of rotatable bonds is 7. The van der Waals surface area contributed by atoms with E-state index in [1.807, 2.05) is 35.2 Å². The fourth-order valence-electron chi connectivity index (χ4n) is 5.47. The predicted octanol–water partition coefficient (Wildman–Crippen LogP) is 2.23. The van der Waals surface area contributed by atoms with Crippen LogP contribution >= 0.6 is 0 Å². The van der Waals surface area contributed by atoms with Gasteiger partial charge in [-0.3, -0.25) is 9.36 Å². The van der Waals surface area contributed by atoms with Gasteiger partial charge in [0.2, 0.25) is 0 Å². The first kappa shape index (κ1) is 24.2. The second-order valence-electron chi connectivity index (χ2n) is 10.5. The van der Waals surface area contributed by atoms with Gasteiger partial charge in [-0.15, -0.1) is 0 Å². The molecule has 0 spiro atoms. The summed E-state index contributed by atoms with van der Waals surface area (Å²) in [6.07, 6.45) is 1.55. The van der Waals surface area contributed by atoms with Gasteiger partial charge >= 0.3 is 5.69 Å². The van der Waals surface area contributed by atoms with Gasteiger partial charge in [-0.05, 0) is 36.5 Å². The SMILES string of the molecule is COc1c(N2C[C@@H]([C@@H](N)COc3ccccc3)C(C)(C)C2)c(F)cc2c(=O)n(N)c(=O)n(C3CC3)c12. The van der Waals surface area contributed by atoms with Crippen molar-refractivity contribution in [1.82, 2.24) is 9.24 Å². The Morgan fingerprint density at radius 2 is 1.89 bits per heavy atom. The summed E-state index contributed by atoms with van der Waals surface area (Å²) in [5.41, 5.74) is 5.45. The number of ether oxygens (including phenoxy) is 2. The molecule has 0 amide bonds. The molecule has 10 heteroatoms. The highest BCUT2D eigenvalue weighted by molar-refractivity contribution is 5.91. The Balaban J connectivity index is 1.54. The third kappa shape index (κ3) is 3.99. The Labute approximate surface area is 208 Å². The zero-order valence-corrected chi connectivity index (χ0v) is 20.7. The quantitative estimate of drug-likeness (QED) is 0.481. The average Bonchev–Trinajstić information content (AvgIpc) is 3.64. The number of para-hydroxylation sites is 1. The van der Waals surface area contributed by atoms with Crippen LogP contribution in [0.25, 0.3) is 10.9 Å². The van der Waals surface area contributed by atoms with Crippen molar-refractivity contribution in [2.75, 3.05) is 37.5 Å². The molecule has 36 heavy (non-hydrogen) atoms. The molecule has 9 nitrogen and oxygen atoms in total. The molecule has 2 fully saturated rings. The molecule has 3 aromatic rings. The number of aromatic nitrogens is 2. The maximum Gasteiger partial charge on any atom is 0.350 e. The normalized spacial score (nSPS) is 20.0. The molecule has 0 unspecified atom stereocenters. The molecule has 4 N–H and O–H groups in total. The van der Waals surface area contributed by atoms with Crippen molar-refractivity contribution in [3.05, 3.63) is 63.1 Å². The second-order valence-corrected chi connectivity index (χ2v) is 10.5. The number of methoxy groups -OCH3 is 1. The van der Waals surface area contributed by atoms with Crippen LogP contribution in [0.15, 0.2) is 46.0 Å². The summed E-state index contributed by atoms with van der Waals surface area (Å²) in [4.78, 5) is 27.6. The summed E-state index contributed by atoms with van der Waals surface area (Å²) in [6.45, 7) is 5.49. The minimum absolute atomic E-state index is 0.0105. The second kappa shape index (κ2) is 8.85. The first-order valence-corrected chi connectivity index (χ1v) is 12.1. The predicted molar refractivity (Wildman–Crippen MR) is 137 cm³/mol. The minimum atomic E-state index is -0.754. The van der Waals surface area contributed by atoms with Crippen molar-refractivity contribution in [2.45, 2.75) is 38.8 Å². The van der Waals surface area contributed by atoms with Crippen LogP contribution in [0.4, 0.5) is 10.1 Å². The summed E-state index contributed by atoms with van der Waals surface area (Å²) in [5, 5.41) is 0.0186. The third-order valence-electron chi connectivity index (χ3n) is 7.44. The highest BCUT2D eigenvalue weighted by Gasteiger charge is 2.44. The van der Waals surface area contributed by atoms with E-state index in [1.165, 1.54) is 11.7 Å². The van der Waals surface area contributed by atoms with Gasteiger partial charge in [-0.2, -0.15) is 4.68 Å². The van der Waals surface area contributed by atoms with Crippen molar-refractivity contribution >= 4 is 16.6 Å². The lowest BCUT2D eigenvalue weighted by atomic mass is 9.78. The van der Waals surface area contributed by atoms with E-state index in [9.17, 15) is 9.59 Å². The topological polar surface area (TPSA) is 118 Å². The van der Waals surface area contributed by atoms with E-state index in [4.69, 9.17) is 21.1 Å². The largest absolute Gasteiger partial charge is 0.492 e. The number of nitrogens with zero attached hydrogens (tertiary/aromatic N) is 3. The lowest BCUT2D eigenvalue weighted by Crippen LogP contribution is -2.44. The molecule has 1 aliphatic heterocycles. The fourth-order valence-corrected chi connectivity index (χ4v) is 5.47. The van der Waals surface area contributed by atoms with Crippen LogP contribution < -0.4 is 37.2 Å². The lowest BCUT2D eigenvalue weighted by molar-refractivity contribution is 0.185. The van der Waals surface area contributed by atoms with E-state index < -0.39 is 17.1 Å². The molecule has 0 bridgehead atoms. The smallest absolute Gasteiger partial charge is 0.350 e.